The molecule has 0 aromatic carbocycles. The number of amides is 2. The minimum absolute atomic E-state index is 0.0143. The van der Waals surface area contributed by atoms with Gasteiger partial charge >= 0.3 is 0 Å². The molecule has 5 heteroatoms. The highest BCUT2D eigenvalue weighted by Crippen LogP contribution is 2.30. The predicted octanol–water partition coefficient (Wildman–Crippen LogP) is 2.64. The predicted molar refractivity (Wildman–Crippen MR) is 92.1 cm³/mol. The zero-order valence-corrected chi connectivity index (χ0v) is 15.4. The minimum Gasteiger partial charge on any atom is -0.379 e. The number of hydrogen-bond acceptors (Lipinski definition) is 3. The quantitative estimate of drug-likeness (QED) is 0.707. The lowest BCUT2D eigenvalue weighted by Crippen LogP contribution is -2.49. The number of hydrogen-bond donors (Lipinski definition) is 2. The maximum absolute atomic E-state index is 12.5. The van der Waals surface area contributed by atoms with Crippen LogP contribution < -0.4 is 10.6 Å². The summed E-state index contributed by atoms with van der Waals surface area (Å²) in [6.07, 6.45) is 4.67. The Labute approximate surface area is 140 Å². The molecule has 1 aliphatic rings. The van der Waals surface area contributed by atoms with E-state index in [2.05, 4.69) is 10.6 Å². The van der Waals surface area contributed by atoms with Crippen molar-refractivity contribution in [1.82, 2.24) is 10.6 Å². The van der Waals surface area contributed by atoms with Gasteiger partial charge in [-0.25, -0.2) is 0 Å². The van der Waals surface area contributed by atoms with Gasteiger partial charge in [-0.3, -0.25) is 9.59 Å². The van der Waals surface area contributed by atoms with Gasteiger partial charge in [0.2, 0.25) is 11.8 Å². The maximum Gasteiger partial charge on any atom is 0.224 e. The van der Waals surface area contributed by atoms with Crippen LogP contribution in [0.25, 0.3) is 0 Å². The molecular formula is C18H34N2O3. The van der Waals surface area contributed by atoms with E-state index in [1.165, 1.54) is 0 Å². The van der Waals surface area contributed by atoms with Crippen LogP contribution in [0.1, 0.15) is 66.7 Å². The highest BCUT2D eigenvalue weighted by molar-refractivity contribution is 5.88. The Bertz CT molecular complexity index is 388. The molecule has 1 fully saturated rings. The molecule has 5 nitrogen and oxygen atoms in total. The first kappa shape index (κ1) is 19.9. The molecule has 0 saturated heterocycles. The Morgan fingerprint density at radius 3 is 2.17 bits per heavy atom. The first-order chi connectivity index (χ1) is 10.7. The first-order valence-corrected chi connectivity index (χ1v) is 8.92. The largest absolute Gasteiger partial charge is 0.379 e. The van der Waals surface area contributed by atoms with Crippen molar-refractivity contribution in [3.8, 4) is 0 Å². The average Bonchev–Trinajstić information content (AvgIpc) is 2.44. The second-order valence-corrected chi connectivity index (χ2v) is 7.80. The Morgan fingerprint density at radius 1 is 1.09 bits per heavy atom. The lowest BCUT2D eigenvalue weighted by atomic mass is 9.77. The van der Waals surface area contributed by atoms with Gasteiger partial charge in [-0.05, 0) is 53.9 Å². The first-order valence-electron chi connectivity index (χ1n) is 8.92. The number of carbonyl (C=O) groups is 2. The third kappa shape index (κ3) is 7.82. The average molecular weight is 326 g/mol. The van der Waals surface area contributed by atoms with Crippen molar-refractivity contribution in [3.63, 3.8) is 0 Å². The van der Waals surface area contributed by atoms with Crippen molar-refractivity contribution in [2.24, 2.45) is 11.8 Å². The molecule has 0 spiro atoms. The normalized spacial score (nSPS) is 22.0. The molecule has 2 amide bonds. The lowest BCUT2D eigenvalue weighted by Gasteiger charge is -2.32. The van der Waals surface area contributed by atoms with E-state index in [4.69, 9.17) is 4.74 Å². The topological polar surface area (TPSA) is 67.4 Å². The molecule has 2 N–H and O–H groups in total. The van der Waals surface area contributed by atoms with E-state index in [9.17, 15) is 9.59 Å². The number of rotatable bonds is 7. The summed E-state index contributed by atoms with van der Waals surface area (Å²) in [4.78, 5) is 24.9. The monoisotopic (exact) mass is 326 g/mol. The van der Waals surface area contributed by atoms with Crippen molar-refractivity contribution >= 4 is 11.8 Å². The minimum atomic E-state index is -0.260. The van der Waals surface area contributed by atoms with Crippen molar-refractivity contribution in [2.75, 3.05) is 13.2 Å². The SMILES string of the molecule is CC(C)OCCCNC(=O)[C@@H]1CCCC[C@@H]1C(=O)NC(C)(C)C. The van der Waals surface area contributed by atoms with Gasteiger partial charge in [0.1, 0.15) is 0 Å². The summed E-state index contributed by atoms with van der Waals surface area (Å²) in [7, 11) is 0. The van der Waals surface area contributed by atoms with E-state index in [1.807, 2.05) is 34.6 Å². The van der Waals surface area contributed by atoms with Crippen LogP contribution >= 0.6 is 0 Å². The fraction of sp³-hybridized carbons (Fsp3) is 0.889. The third-order valence-electron chi connectivity index (χ3n) is 4.01. The molecule has 1 rings (SSSR count). The fourth-order valence-electron chi connectivity index (χ4n) is 2.95. The van der Waals surface area contributed by atoms with E-state index in [1.54, 1.807) is 0 Å². The molecule has 0 bridgehead atoms. The van der Waals surface area contributed by atoms with Crippen molar-refractivity contribution in [3.05, 3.63) is 0 Å². The van der Waals surface area contributed by atoms with Crippen LogP contribution in [0.5, 0.6) is 0 Å². The van der Waals surface area contributed by atoms with Crippen molar-refractivity contribution in [2.45, 2.75) is 78.4 Å². The van der Waals surface area contributed by atoms with Gasteiger partial charge in [-0.15, -0.1) is 0 Å². The Balaban J connectivity index is 2.47. The van der Waals surface area contributed by atoms with E-state index >= 15 is 0 Å². The Hall–Kier alpha value is -1.10. The fourth-order valence-corrected chi connectivity index (χ4v) is 2.95. The Kier molecular flexibility index (Phi) is 8.03. The summed E-state index contributed by atoms with van der Waals surface area (Å²) in [5.74, 6) is -0.365. The van der Waals surface area contributed by atoms with Crippen molar-refractivity contribution < 1.29 is 14.3 Å². The summed E-state index contributed by atoms with van der Waals surface area (Å²) < 4.78 is 5.47. The molecule has 0 heterocycles. The van der Waals surface area contributed by atoms with Crippen LogP contribution in [0.3, 0.4) is 0 Å². The standard InChI is InChI=1S/C18H34N2O3/c1-13(2)23-12-8-11-19-16(21)14-9-6-7-10-15(14)17(22)20-18(3,4)5/h13-15H,6-12H2,1-5H3,(H,19,21)(H,20,22)/t14-,15+/m1/s1. The molecule has 1 aliphatic carbocycles. The Morgan fingerprint density at radius 2 is 1.65 bits per heavy atom. The number of ether oxygens (including phenoxy) is 1. The van der Waals surface area contributed by atoms with Gasteiger partial charge in [0.25, 0.3) is 0 Å². The summed E-state index contributed by atoms with van der Waals surface area (Å²) in [5.41, 5.74) is -0.260. The molecule has 0 aliphatic heterocycles. The molecule has 2 atom stereocenters. The van der Waals surface area contributed by atoms with E-state index < -0.39 is 0 Å². The molecule has 0 radical (unpaired) electrons. The second kappa shape index (κ2) is 9.26. The molecule has 0 aromatic rings. The van der Waals surface area contributed by atoms with Crippen LogP contribution in [-0.4, -0.2) is 36.6 Å². The van der Waals surface area contributed by atoms with Crippen molar-refractivity contribution in [1.29, 1.82) is 0 Å². The van der Waals surface area contributed by atoms with Crippen LogP contribution in [0.15, 0.2) is 0 Å². The zero-order chi connectivity index (χ0) is 17.5. The summed E-state index contributed by atoms with van der Waals surface area (Å²) in [5, 5.41) is 6.00. The molecular weight excluding hydrogens is 292 g/mol. The molecule has 0 unspecified atom stereocenters. The van der Waals surface area contributed by atoms with Gasteiger partial charge < -0.3 is 15.4 Å². The number of carbonyl (C=O) groups excluding carboxylic acids is 2. The summed E-state index contributed by atoms with van der Waals surface area (Å²) in [6.45, 7) is 11.2. The highest BCUT2D eigenvalue weighted by atomic mass is 16.5. The molecule has 0 aromatic heterocycles. The van der Waals surface area contributed by atoms with Crippen LogP contribution in [0.4, 0.5) is 0 Å². The summed E-state index contributed by atoms with van der Waals surface area (Å²) >= 11 is 0. The second-order valence-electron chi connectivity index (χ2n) is 7.80. The van der Waals surface area contributed by atoms with Crippen LogP contribution in [-0.2, 0) is 14.3 Å². The van der Waals surface area contributed by atoms with Crippen LogP contribution in [0, 0.1) is 11.8 Å². The van der Waals surface area contributed by atoms with E-state index in [0.29, 0.717) is 13.2 Å². The lowest BCUT2D eigenvalue weighted by molar-refractivity contribution is -0.137. The van der Waals surface area contributed by atoms with Crippen LogP contribution in [0.2, 0.25) is 0 Å². The molecule has 134 valence electrons. The van der Waals surface area contributed by atoms with Gasteiger partial charge in [0, 0.05) is 30.5 Å². The van der Waals surface area contributed by atoms with Gasteiger partial charge in [0.15, 0.2) is 0 Å². The number of nitrogens with one attached hydrogen (secondary N) is 2. The van der Waals surface area contributed by atoms with Gasteiger partial charge in [-0.2, -0.15) is 0 Å². The molecule has 23 heavy (non-hydrogen) atoms. The zero-order valence-electron chi connectivity index (χ0n) is 15.4. The maximum atomic E-state index is 12.5. The smallest absolute Gasteiger partial charge is 0.224 e. The van der Waals surface area contributed by atoms with Gasteiger partial charge in [0.05, 0.1) is 6.10 Å². The van der Waals surface area contributed by atoms with Gasteiger partial charge in [-0.1, -0.05) is 12.8 Å². The van der Waals surface area contributed by atoms with E-state index in [0.717, 1.165) is 32.1 Å². The third-order valence-corrected chi connectivity index (χ3v) is 4.01. The molecule has 1 saturated carbocycles. The highest BCUT2D eigenvalue weighted by Gasteiger charge is 2.36. The summed E-state index contributed by atoms with van der Waals surface area (Å²) in [6, 6.07) is 0. The van der Waals surface area contributed by atoms with E-state index in [-0.39, 0.29) is 35.3 Å².